The maximum absolute atomic E-state index is 5.95. The standard InChI is InChI=1S/C24H27N5O3S2/c1-30-16-5-7-19-21(10-16)33-23(25-19)28-13-27(12-18-4-3-9-32-18)14-29(15-28)24-26-20-8-6-17(31-2)11-22(20)34-24/h5-8,10-11,18H,3-4,9,12-15H2,1-2H3. The molecule has 2 aliphatic rings. The zero-order valence-electron chi connectivity index (χ0n) is 19.3. The fourth-order valence-corrected chi connectivity index (χ4v) is 6.52. The first-order valence-electron chi connectivity index (χ1n) is 11.4. The first kappa shape index (κ1) is 21.8. The number of hydrogen-bond donors (Lipinski definition) is 0. The first-order chi connectivity index (χ1) is 16.7. The second-order valence-corrected chi connectivity index (χ2v) is 10.7. The minimum absolute atomic E-state index is 0.293. The molecule has 0 aliphatic carbocycles. The highest BCUT2D eigenvalue weighted by Gasteiger charge is 2.30. The van der Waals surface area contributed by atoms with Gasteiger partial charge in [-0.05, 0) is 49.2 Å². The number of fused-ring (bicyclic) bond motifs is 2. The van der Waals surface area contributed by atoms with Gasteiger partial charge in [0.1, 0.15) is 11.5 Å². The van der Waals surface area contributed by atoms with Gasteiger partial charge in [0.15, 0.2) is 10.3 Å². The molecule has 1 unspecified atom stereocenters. The van der Waals surface area contributed by atoms with Crippen LogP contribution < -0.4 is 19.3 Å². The summed E-state index contributed by atoms with van der Waals surface area (Å²) in [6.45, 7) is 4.13. The summed E-state index contributed by atoms with van der Waals surface area (Å²) in [5.41, 5.74) is 1.99. The van der Waals surface area contributed by atoms with E-state index in [1.807, 2.05) is 24.3 Å². The number of aromatic nitrogens is 2. The van der Waals surface area contributed by atoms with E-state index in [0.29, 0.717) is 6.10 Å². The molecule has 4 heterocycles. The van der Waals surface area contributed by atoms with Gasteiger partial charge in [0.05, 0.1) is 60.8 Å². The Morgan fingerprint density at radius 3 is 1.97 bits per heavy atom. The zero-order valence-corrected chi connectivity index (χ0v) is 20.9. The first-order valence-corrected chi connectivity index (χ1v) is 13.0. The van der Waals surface area contributed by atoms with Gasteiger partial charge in [-0.15, -0.1) is 0 Å². The minimum atomic E-state index is 0.293. The molecule has 0 saturated carbocycles. The van der Waals surface area contributed by atoms with Crippen molar-refractivity contribution in [2.75, 3.05) is 57.2 Å². The third-order valence-electron chi connectivity index (χ3n) is 6.28. The molecule has 0 bridgehead atoms. The molecule has 2 aliphatic heterocycles. The maximum atomic E-state index is 5.95. The summed E-state index contributed by atoms with van der Waals surface area (Å²) in [6.07, 6.45) is 2.56. The van der Waals surface area contributed by atoms with Gasteiger partial charge in [0, 0.05) is 13.2 Å². The highest BCUT2D eigenvalue weighted by molar-refractivity contribution is 7.22. The lowest BCUT2D eigenvalue weighted by Crippen LogP contribution is -2.56. The average molecular weight is 498 g/mol. The van der Waals surface area contributed by atoms with E-state index in [4.69, 9.17) is 24.2 Å². The highest BCUT2D eigenvalue weighted by atomic mass is 32.1. The van der Waals surface area contributed by atoms with Crippen LogP contribution in [-0.2, 0) is 4.74 Å². The van der Waals surface area contributed by atoms with E-state index in [-0.39, 0.29) is 0 Å². The predicted molar refractivity (Wildman–Crippen MR) is 138 cm³/mol. The molecule has 10 heteroatoms. The summed E-state index contributed by atoms with van der Waals surface area (Å²) in [4.78, 5) is 17.0. The summed E-state index contributed by atoms with van der Waals surface area (Å²) < 4.78 is 19.0. The second-order valence-electron chi connectivity index (χ2n) is 8.65. The fourth-order valence-electron chi connectivity index (χ4n) is 4.57. The van der Waals surface area contributed by atoms with Crippen LogP contribution in [0.3, 0.4) is 0 Å². The summed E-state index contributed by atoms with van der Waals surface area (Å²) in [5.74, 6) is 1.71. The molecular weight excluding hydrogens is 470 g/mol. The van der Waals surface area contributed by atoms with Crippen LogP contribution in [-0.4, -0.2) is 68.3 Å². The molecule has 0 N–H and O–H groups in total. The van der Waals surface area contributed by atoms with Gasteiger partial charge in [0.2, 0.25) is 0 Å². The van der Waals surface area contributed by atoms with E-state index < -0.39 is 0 Å². The third-order valence-corrected chi connectivity index (χ3v) is 8.44. The molecule has 178 valence electrons. The number of benzene rings is 2. The lowest BCUT2D eigenvalue weighted by atomic mass is 10.2. The molecule has 34 heavy (non-hydrogen) atoms. The highest BCUT2D eigenvalue weighted by Crippen LogP contribution is 2.36. The third kappa shape index (κ3) is 4.26. The Morgan fingerprint density at radius 2 is 1.47 bits per heavy atom. The Balaban J connectivity index is 1.31. The van der Waals surface area contributed by atoms with Crippen molar-refractivity contribution in [1.82, 2.24) is 14.9 Å². The van der Waals surface area contributed by atoms with Crippen LogP contribution in [0.4, 0.5) is 10.3 Å². The molecule has 1 atom stereocenters. The number of ether oxygens (including phenoxy) is 3. The molecule has 0 amide bonds. The Kier molecular flexibility index (Phi) is 5.90. The lowest BCUT2D eigenvalue weighted by molar-refractivity contribution is 0.0689. The second kappa shape index (κ2) is 9.18. The fraction of sp³-hybridized carbons (Fsp3) is 0.417. The van der Waals surface area contributed by atoms with Crippen LogP contribution in [0.5, 0.6) is 11.5 Å². The largest absolute Gasteiger partial charge is 0.497 e. The van der Waals surface area contributed by atoms with Crippen molar-refractivity contribution in [3.63, 3.8) is 0 Å². The van der Waals surface area contributed by atoms with Crippen LogP contribution in [0, 0.1) is 0 Å². The van der Waals surface area contributed by atoms with Gasteiger partial charge in [-0.1, -0.05) is 22.7 Å². The van der Waals surface area contributed by atoms with E-state index in [0.717, 1.165) is 88.2 Å². The van der Waals surface area contributed by atoms with Crippen LogP contribution >= 0.6 is 22.7 Å². The summed E-state index contributed by atoms with van der Waals surface area (Å²) in [7, 11) is 3.39. The van der Waals surface area contributed by atoms with Crippen molar-refractivity contribution in [1.29, 1.82) is 0 Å². The molecule has 2 saturated heterocycles. The topological polar surface area (TPSA) is 63.2 Å². The van der Waals surface area contributed by atoms with Gasteiger partial charge in [0.25, 0.3) is 0 Å². The van der Waals surface area contributed by atoms with Crippen LogP contribution in [0.1, 0.15) is 12.8 Å². The number of methoxy groups -OCH3 is 2. The van der Waals surface area contributed by atoms with Crippen molar-refractivity contribution in [3.8, 4) is 11.5 Å². The number of anilines is 2. The van der Waals surface area contributed by atoms with Gasteiger partial charge >= 0.3 is 0 Å². The van der Waals surface area contributed by atoms with Crippen molar-refractivity contribution in [2.24, 2.45) is 0 Å². The van der Waals surface area contributed by atoms with Crippen LogP contribution in [0.25, 0.3) is 20.4 Å². The Hall–Kier alpha value is -2.66. The zero-order chi connectivity index (χ0) is 23.1. The van der Waals surface area contributed by atoms with Gasteiger partial charge in [-0.25, -0.2) is 9.97 Å². The van der Waals surface area contributed by atoms with Crippen molar-refractivity contribution < 1.29 is 14.2 Å². The molecule has 6 rings (SSSR count). The number of rotatable bonds is 6. The van der Waals surface area contributed by atoms with E-state index in [1.165, 1.54) is 0 Å². The van der Waals surface area contributed by atoms with Crippen LogP contribution in [0.15, 0.2) is 36.4 Å². The van der Waals surface area contributed by atoms with E-state index in [1.54, 1.807) is 36.9 Å². The molecule has 8 nitrogen and oxygen atoms in total. The smallest absolute Gasteiger partial charge is 0.188 e. The van der Waals surface area contributed by atoms with Gasteiger partial charge < -0.3 is 24.0 Å². The Labute approximate surface area is 206 Å². The normalized spacial score (nSPS) is 19.4. The van der Waals surface area contributed by atoms with Crippen LogP contribution in [0.2, 0.25) is 0 Å². The minimum Gasteiger partial charge on any atom is -0.497 e. The molecule has 2 aromatic carbocycles. The number of hydrogen-bond acceptors (Lipinski definition) is 10. The Bertz CT molecular complexity index is 1210. The monoisotopic (exact) mass is 497 g/mol. The lowest BCUT2D eigenvalue weighted by Gasteiger charge is -2.42. The summed E-state index contributed by atoms with van der Waals surface area (Å²) >= 11 is 3.40. The number of thiazole rings is 2. The molecule has 2 aromatic heterocycles. The van der Waals surface area contributed by atoms with Crippen molar-refractivity contribution in [2.45, 2.75) is 18.9 Å². The molecule has 4 aromatic rings. The van der Waals surface area contributed by atoms with E-state index in [2.05, 4.69) is 26.8 Å². The Morgan fingerprint density at radius 1 is 0.882 bits per heavy atom. The summed E-state index contributed by atoms with van der Waals surface area (Å²) in [5, 5.41) is 2.01. The number of nitrogens with zero attached hydrogens (tertiary/aromatic N) is 5. The van der Waals surface area contributed by atoms with Crippen molar-refractivity contribution in [3.05, 3.63) is 36.4 Å². The van der Waals surface area contributed by atoms with Crippen molar-refractivity contribution >= 4 is 53.4 Å². The molecular formula is C24H27N5O3S2. The maximum Gasteiger partial charge on any atom is 0.188 e. The molecule has 0 spiro atoms. The summed E-state index contributed by atoms with van der Waals surface area (Å²) in [6, 6.07) is 12.1. The molecule has 0 radical (unpaired) electrons. The predicted octanol–water partition coefficient (Wildman–Crippen LogP) is 4.60. The van der Waals surface area contributed by atoms with Gasteiger partial charge in [-0.3, -0.25) is 4.90 Å². The quantitative estimate of drug-likeness (QED) is 0.383. The molecule has 2 fully saturated rings. The van der Waals surface area contributed by atoms with E-state index in [9.17, 15) is 0 Å². The van der Waals surface area contributed by atoms with Gasteiger partial charge in [-0.2, -0.15) is 0 Å². The average Bonchev–Trinajstić information content (AvgIpc) is 3.62. The van der Waals surface area contributed by atoms with E-state index >= 15 is 0 Å². The SMILES string of the molecule is COc1ccc2nc(N3CN(CC4CCCO4)CN(c4nc5ccc(OC)cc5s4)C3)sc2c1.